The molecule has 1 aromatic heterocycles. The number of H-pyrrole nitrogens is 1. The van der Waals surface area contributed by atoms with Crippen LogP contribution in [0.15, 0.2) is 72.9 Å². The molecule has 3 heteroatoms. The number of carbonyl (C=O) groups is 1. The average Bonchev–Trinajstić information content (AvgIpc) is 2.97. The van der Waals surface area contributed by atoms with Crippen LogP contribution in [0.3, 0.4) is 0 Å². The van der Waals surface area contributed by atoms with Crippen molar-refractivity contribution < 1.29 is 9.90 Å². The maximum absolute atomic E-state index is 11.9. The first-order valence-electron chi connectivity index (χ1n) is 6.98. The highest BCUT2D eigenvalue weighted by Crippen LogP contribution is 2.19. The molecule has 0 fully saturated rings. The van der Waals surface area contributed by atoms with E-state index in [9.17, 15) is 9.90 Å². The molecule has 0 aliphatic rings. The minimum absolute atomic E-state index is 0.0332. The fraction of sp³-hybridized carbons (Fsp3) is 0. The number of rotatable bonds is 4. The van der Waals surface area contributed by atoms with E-state index in [1.54, 1.807) is 18.2 Å². The Balaban J connectivity index is 1.79. The van der Waals surface area contributed by atoms with Crippen molar-refractivity contribution in [1.82, 2.24) is 4.98 Å². The summed E-state index contributed by atoms with van der Waals surface area (Å²) in [6.07, 6.45) is 6.28. The molecule has 0 amide bonds. The van der Waals surface area contributed by atoms with E-state index in [0.29, 0.717) is 5.56 Å². The van der Waals surface area contributed by atoms with Gasteiger partial charge < -0.3 is 10.1 Å². The highest BCUT2D eigenvalue weighted by Gasteiger charge is 2.02. The van der Waals surface area contributed by atoms with Gasteiger partial charge in [0.2, 0.25) is 0 Å². The highest BCUT2D eigenvalue weighted by atomic mass is 16.3. The van der Waals surface area contributed by atoms with Crippen molar-refractivity contribution in [3.63, 3.8) is 0 Å². The second kappa shape index (κ2) is 6.14. The summed E-state index contributed by atoms with van der Waals surface area (Å²) < 4.78 is 0. The summed E-state index contributed by atoms with van der Waals surface area (Å²) in [5.74, 6) is -0.291. The molecular weight excluding hydrogens is 274 g/mol. The summed E-state index contributed by atoms with van der Waals surface area (Å²) >= 11 is 0. The van der Waals surface area contributed by atoms with Crippen LogP contribution in [0, 0.1) is 0 Å². The zero-order chi connectivity index (χ0) is 15.4. The first-order valence-corrected chi connectivity index (χ1v) is 6.98. The second-order valence-corrected chi connectivity index (χ2v) is 4.92. The summed E-state index contributed by atoms with van der Waals surface area (Å²) in [7, 11) is 0. The van der Waals surface area contributed by atoms with Gasteiger partial charge in [0.05, 0.1) is 0 Å². The predicted octanol–water partition coefficient (Wildman–Crippen LogP) is 4.35. The molecule has 3 rings (SSSR count). The summed E-state index contributed by atoms with van der Waals surface area (Å²) in [6, 6.07) is 16.9. The van der Waals surface area contributed by atoms with Gasteiger partial charge in [-0.05, 0) is 23.8 Å². The van der Waals surface area contributed by atoms with E-state index < -0.39 is 0 Å². The van der Waals surface area contributed by atoms with E-state index in [1.807, 2.05) is 48.7 Å². The van der Waals surface area contributed by atoms with Crippen LogP contribution in [0.5, 0.6) is 0 Å². The number of aromatic amines is 1. The fourth-order valence-electron chi connectivity index (χ4n) is 2.28. The molecule has 0 spiro atoms. The third-order valence-corrected chi connectivity index (χ3v) is 3.40. The number of carbonyl (C=O) groups excluding carboxylic acids is 1. The Morgan fingerprint density at radius 1 is 1.00 bits per heavy atom. The number of aliphatic hydroxyl groups excluding tert-OH is 1. The topological polar surface area (TPSA) is 53.1 Å². The molecule has 22 heavy (non-hydrogen) atoms. The highest BCUT2D eigenvalue weighted by molar-refractivity contribution is 6.06. The molecule has 108 valence electrons. The Bertz CT molecular complexity index is 857. The van der Waals surface area contributed by atoms with Gasteiger partial charge in [0.1, 0.15) is 5.76 Å². The molecule has 0 bridgehead atoms. The fourth-order valence-corrected chi connectivity index (χ4v) is 2.28. The molecule has 3 aromatic rings. The van der Waals surface area contributed by atoms with Crippen LogP contribution < -0.4 is 0 Å². The molecule has 2 aromatic carbocycles. The van der Waals surface area contributed by atoms with Gasteiger partial charge in [0.15, 0.2) is 5.78 Å². The Kier molecular flexibility index (Phi) is 3.88. The van der Waals surface area contributed by atoms with Gasteiger partial charge in [0.25, 0.3) is 0 Å². The Labute approximate surface area is 128 Å². The van der Waals surface area contributed by atoms with Crippen molar-refractivity contribution in [2.45, 2.75) is 0 Å². The summed E-state index contributed by atoms with van der Waals surface area (Å²) in [5.41, 5.74) is 2.59. The maximum atomic E-state index is 11.9. The minimum atomic E-state index is -0.258. The molecule has 0 atom stereocenters. The SMILES string of the molecule is O=C(/C=C(\O)c1ccccc1)/C=C/c1c[nH]c2ccccc12. The van der Waals surface area contributed by atoms with Crippen LogP contribution in [0.4, 0.5) is 0 Å². The van der Waals surface area contributed by atoms with Crippen LogP contribution in [0.1, 0.15) is 11.1 Å². The lowest BCUT2D eigenvalue weighted by molar-refractivity contribution is -0.110. The average molecular weight is 289 g/mol. The normalized spacial score (nSPS) is 12.1. The summed E-state index contributed by atoms with van der Waals surface area (Å²) in [6.45, 7) is 0. The number of benzene rings is 2. The summed E-state index contributed by atoms with van der Waals surface area (Å²) in [5, 5.41) is 11.0. The van der Waals surface area contributed by atoms with E-state index in [4.69, 9.17) is 0 Å². The van der Waals surface area contributed by atoms with Crippen molar-refractivity contribution in [2.24, 2.45) is 0 Å². The van der Waals surface area contributed by atoms with Crippen LogP contribution >= 0.6 is 0 Å². The van der Waals surface area contributed by atoms with Crippen molar-refractivity contribution >= 4 is 28.5 Å². The van der Waals surface area contributed by atoms with E-state index in [1.165, 1.54) is 12.2 Å². The van der Waals surface area contributed by atoms with Gasteiger partial charge in [-0.25, -0.2) is 0 Å². The number of allylic oxidation sites excluding steroid dienone is 2. The van der Waals surface area contributed by atoms with E-state index >= 15 is 0 Å². The lowest BCUT2D eigenvalue weighted by atomic mass is 10.1. The van der Waals surface area contributed by atoms with Crippen molar-refractivity contribution in [3.8, 4) is 0 Å². The number of hydrogen-bond donors (Lipinski definition) is 2. The van der Waals surface area contributed by atoms with E-state index in [0.717, 1.165) is 16.5 Å². The Morgan fingerprint density at radius 2 is 1.73 bits per heavy atom. The molecule has 0 unspecified atom stereocenters. The standard InChI is InChI=1S/C19H15NO2/c21-16(12-19(22)14-6-2-1-3-7-14)11-10-15-13-20-18-9-5-4-8-17(15)18/h1-13,20,22H/b11-10+,19-12-. The molecule has 0 aliphatic heterocycles. The van der Waals surface area contributed by atoms with Crippen LogP contribution in [-0.2, 0) is 4.79 Å². The Hall–Kier alpha value is -3.07. The molecule has 1 heterocycles. The van der Waals surface area contributed by atoms with Crippen molar-refractivity contribution in [2.75, 3.05) is 0 Å². The molecule has 0 aliphatic carbocycles. The number of aromatic nitrogens is 1. The predicted molar refractivity (Wildman–Crippen MR) is 89.4 cm³/mol. The van der Waals surface area contributed by atoms with Gasteiger partial charge in [0, 0.05) is 28.7 Å². The zero-order valence-electron chi connectivity index (χ0n) is 11.9. The van der Waals surface area contributed by atoms with Crippen LogP contribution in [0.2, 0.25) is 0 Å². The Morgan fingerprint density at radius 3 is 2.55 bits per heavy atom. The number of aliphatic hydroxyl groups is 1. The molecule has 0 saturated heterocycles. The van der Waals surface area contributed by atoms with Crippen LogP contribution in [-0.4, -0.2) is 15.9 Å². The number of para-hydroxylation sites is 1. The van der Waals surface area contributed by atoms with E-state index in [2.05, 4.69) is 4.98 Å². The van der Waals surface area contributed by atoms with Crippen molar-refractivity contribution in [1.29, 1.82) is 0 Å². The van der Waals surface area contributed by atoms with Crippen molar-refractivity contribution in [3.05, 3.63) is 84.1 Å². The first kappa shape index (κ1) is 13.9. The second-order valence-electron chi connectivity index (χ2n) is 4.92. The third kappa shape index (κ3) is 2.99. The first-order chi connectivity index (χ1) is 10.7. The number of fused-ring (bicyclic) bond motifs is 1. The monoisotopic (exact) mass is 289 g/mol. The molecule has 0 radical (unpaired) electrons. The smallest absolute Gasteiger partial charge is 0.182 e. The summed E-state index contributed by atoms with van der Waals surface area (Å²) in [4.78, 5) is 15.1. The van der Waals surface area contributed by atoms with Crippen LogP contribution in [0.25, 0.3) is 22.7 Å². The lowest BCUT2D eigenvalue weighted by Gasteiger charge is -1.97. The lowest BCUT2D eigenvalue weighted by Crippen LogP contribution is -1.90. The molecular formula is C19H15NO2. The third-order valence-electron chi connectivity index (χ3n) is 3.40. The van der Waals surface area contributed by atoms with Gasteiger partial charge in [-0.15, -0.1) is 0 Å². The van der Waals surface area contributed by atoms with Gasteiger partial charge >= 0.3 is 0 Å². The molecule has 0 saturated carbocycles. The number of ketones is 1. The number of nitrogens with one attached hydrogen (secondary N) is 1. The largest absolute Gasteiger partial charge is 0.507 e. The van der Waals surface area contributed by atoms with Gasteiger partial charge in [-0.1, -0.05) is 48.5 Å². The minimum Gasteiger partial charge on any atom is -0.507 e. The van der Waals surface area contributed by atoms with E-state index in [-0.39, 0.29) is 11.5 Å². The number of hydrogen-bond acceptors (Lipinski definition) is 2. The van der Waals surface area contributed by atoms with Gasteiger partial charge in [-0.2, -0.15) is 0 Å². The quantitative estimate of drug-likeness (QED) is 0.554. The van der Waals surface area contributed by atoms with Gasteiger partial charge in [-0.3, -0.25) is 4.79 Å². The molecule has 2 N–H and O–H groups in total. The zero-order valence-corrected chi connectivity index (χ0v) is 11.9. The molecule has 3 nitrogen and oxygen atoms in total. The maximum Gasteiger partial charge on any atom is 0.182 e.